The number of benzene rings is 2. The van der Waals surface area contributed by atoms with Crippen LogP contribution in [-0.2, 0) is 0 Å². The molecule has 0 aliphatic carbocycles. The van der Waals surface area contributed by atoms with Gasteiger partial charge in [0.15, 0.2) is 0 Å². The Bertz CT molecular complexity index is 595. The van der Waals surface area contributed by atoms with Gasteiger partial charge < -0.3 is 5.32 Å². The van der Waals surface area contributed by atoms with E-state index in [2.05, 4.69) is 53.3 Å². The molecule has 1 unspecified atom stereocenters. The van der Waals surface area contributed by atoms with Crippen molar-refractivity contribution >= 4 is 15.9 Å². The maximum atomic E-state index is 13.3. The highest BCUT2D eigenvalue weighted by atomic mass is 79.9. The van der Waals surface area contributed by atoms with E-state index in [0.717, 1.165) is 5.56 Å². The van der Waals surface area contributed by atoms with Gasteiger partial charge in [-0.1, -0.05) is 29.8 Å². The second kappa shape index (κ2) is 5.85. The van der Waals surface area contributed by atoms with Gasteiger partial charge in [-0.25, -0.2) is 4.39 Å². The van der Waals surface area contributed by atoms with Gasteiger partial charge in [-0.2, -0.15) is 0 Å². The lowest BCUT2D eigenvalue weighted by Crippen LogP contribution is -2.18. The molecule has 0 aliphatic rings. The van der Waals surface area contributed by atoms with Gasteiger partial charge in [-0.05, 0) is 65.6 Å². The lowest BCUT2D eigenvalue weighted by atomic mass is 9.94. The van der Waals surface area contributed by atoms with Crippen molar-refractivity contribution in [1.82, 2.24) is 5.32 Å². The zero-order chi connectivity index (χ0) is 14.0. The maximum absolute atomic E-state index is 13.3. The molecule has 0 aliphatic heterocycles. The predicted molar refractivity (Wildman–Crippen MR) is 80.9 cm³/mol. The summed E-state index contributed by atoms with van der Waals surface area (Å²) in [5.74, 6) is -0.237. The molecule has 0 fully saturated rings. The molecule has 3 heteroatoms. The molecular weight excluding hydrogens is 305 g/mol. The topological polar surface area (TPSA) is 12.0 Å². The van der Waals surface area contributed by atoms with Gasteiger partial charge in [0.2, 0.25) is 0 Å². The molecule has 0 heterocycles. The molecule has 0 saturated carbocycles. The first-order valence-electron chi connectivity index (χ1n) is 6.22. The number of aryl methyl sites for hydroxylation is 2. The van der Waals surface area contributed by atoms with E-state index < -0.39 is 0 Å². The van der Waals surface area contributed by atoms with Crippen LogP contribution >= 0.6 is 15.9 Å². The first-order valence-corrected chi connectivity index (χ1v) is 7.01. The van der Waals surface area contributed by atoms with E-state index in [9.17, 15) is 4.39 Å². The molecule has 1 nitrogen and oxygen atoms in total. The van der Waals surface area contributed by atoms with Crippen LogP contribution in [0, 0.1) is 19.7 Å². The van der Waals surface area contributed by atoms with Crippen LogP contribution in [0.15, 0.2) is 40.9 Å². The highest BCUT2D eigenvalue weighted by Gasteiger charge is 2.15. The fraction of sp³-hybridized carbons (Fsp3) is 0.250. The summed E-state index contributed by atoms with van der Waals surface area (Å²) in [4.78, 5) is 0. The largest absolute Gasteiger partial charge is 0.309 e. The number of rotatable bonds is 3. The zero-order valence-corrected chi connectivity index (χ0v) is 12.9. The van der Waals surface area contributed by atoms with E-state index in [1.165, 1.54) is 22.8 Å². The second-order valence-electron chi connectivity index (χ2n) is 4.76. The van der Waals surface area contributed by atoms with Gasteiger partial charge >= 0.3 is 0 Å². The Labute approximate surface area is 122 Å². The number of hydrogen-bond acceptors (Lipinski definition) is 1. The summed E-state index contributed by atoms with van der Waals surface area (Å²) in [6.45, 7) is 4.19. The zero-order valence-electron chi connectivity index (χ0n) is 11.3. The summed E-state index contributed by atoms with van der Waals surface area (Å²) in [7, 11) is 1.92. The van der Waals surface area contributed by atoms with Crippen molar-refractivity contribution < 1.29 is 4.39 Å². The molecule has 0 saturated heterocycles. The average Bonchev–Trinajstić information content (AvgIpc) is 2.37. The van der Waals surface area contributed by atoms with Crippen LogP contribution in [0.1, 0.15) is 28.3 Å². The van der Waals surface area contributed by atoms with Crippen LogP contribution in [0.2, 0.25) is 0 Å². The second-order valence-corrected chi connectivity index (χ2v) is 5.61. The summed E-state index contributed by atoms with van der Waals surface area (Å²) in [6.07, 6.45) is 0. The van der Waals surface area contributed by atoms with E-state index in [4.69, 9.17) is 0 Å². The summed E-state index contributed by atoms with van der Waals surface area (Å²) in [5, 5.41) is 3.30. The molecule has 0 aromatic heterocycles. The fourth-order valence-electron chi connectivity index (χ4n) is 2.34. The SMILES string of the molecule is CNC(c1ccc(F)c(Br)c1)c1ccc(C)cc1C. The minimum atomic E-state index is -0.237. The fourth-order valence-corrected chi connectivity index (χ4v) is 2.74. The molecule has 0 radical (unpaired) electrons. The van der Waals surface area contributed by atoms with E-state index in [1.54, 1.807) is 0 Å². The smallest absolute Gasteiger partial charge is 0.137 e. The molecule has 1 N–H and O–H groups in total. The Morgan fingerprint density at radius 2 is 1.84 bits per heavy atom. The van der Waals surface area contributed by atoms with E-state index in [0.29, 0.717) is 4.47 Å². The van der Waals surface area contributed by atoms with Gasteiger partial charge in [0, 0.05) is 0 Å². The molecule has 19 heavy (non-hydrogen) atoms. The standard InChI is InChI=1S/C16H17BrFN/c1-10-4-6-13(11(2)8-10)16(19-3)12-5-7-15(18)14(17)9-12/h4-9,16,19H,1-3H3. The minimum Gasteiger partial charge on any atom is -0.309 e. The van der Waals surface area contributed by atoms with Crippen LogP contribution in [0.4, 0.5) is 4.39 Å². The first kappa shape index (κ1) is 14.2. The first-order chi connectivity index (χ1) is 9.02. The molecular formula is C16H17BrFN. The summed E-state index contributed by atoms with van der Waals surface area (Å²) in [5.41, 5.74) is 4.74. The van der Waals surface area contributed by atoms with Crippen molar-refractivity contribution in [3.05, 3.63) is 68.9 Å². The molecule has 0 spiro atoms. The van der Waals surface area contributed by atoms with E-state index >= 15 is 0 Å². The Morgan fingerprint density at radius 3 is 2.42 bits per heavy atom. The number of hydrogen-bond donors (Lipinski definition) is 1. The minimum absolute atomic E-state index is 0.0671. The van der Waals surface area contributed by atoms with Crippen LogP contribution in [0.3, 0.4) is 0 Å². The molecule has 100 valence electrons. The van der Waals surface area contributed by atoms with Crippen LogP contribution < -0.4 is 5.32 Å². The Balaban J connectivity index is 2.46. The van der Waals surface area contributed by atoms with Crippen molar-refractivity contribution in [2.24, 2.45) is 0 Å². The van der Waals surface area contributed by atoms with E-state index in [-0.39, 0.29) is 11.9 Å². The van der Waals surface area contributed by atoms with Crippen molar-refractivity contribution in [3.8, 4) is 0 Å². The number of halogens is 2. The van der Waals surface area contributed by atoms with Crippen molar-refractivity contribution in [3.63, 3.8) is 0 Å². The van der Waals surface area contributed by atoms with Gasteiger partial charge in [0.25, 0.3) is 0 Å². The molecule has 2 aromatic carbocycles. The van der Waals surface area contributed by atoms with Crippen molar-refractivity contribution in [1.29, 1.82) is 0 Å². The third kappa shape index (κ3) is 3.04. The van der Waals surface area contributed by atoms with Crippen LogP contribution in [0.25, 0.3) is 0 Å². The summed E-state index contributed by atoms with van der Waals surface area (Å²) < 4.78 is 13.8. The third-order valence-electron chi connectivity index (χ3n) is 3.30. The summed E-state index contributed by atoms with van der Waals surface area (Å²) >= 11 is 3.24. The quantitative estimate of drug-likeness (QED) is 0.876. The normalized spacial score (nSPS) is 12.5. The molecule has 0 bridgehead atoms. The van der Waals surface area contributed by atoms with Gasteiger partial charge in [-0.3, -0.25) is 0 Å². The molecule has 0 amide bonds. The highest BCUT2D eigenvalue weighted by molar-refractivity contribution is 9.10. The monoisotopic (exact) mass is 321 g/mol. The maximum Gasteiger partial charge on any atom is 0.137 e. The van der Waals surface area contributed by atoms with Crippen LogP contribution in [0.5, 0.6) is 0 Å². The third-order valence-corrected chi connectivity index (χ3v) is 3.91. The van der Waals surface area contributed by atoms with Crippen LogP contribution in [-0.4, -0.2) is 7.05 Å². The molecule has 2 aromatic rings. The van der Waals surface area contributed by atoms with Gasteiger partial charge in [-0.15, -0.1) is 0 Å². The van der Waals surface area contributed by atoms with Crippen molar-refractivity contribution in [2.45, 2.75) is 19.9 Å². The Kier molecular flexibility index (Phi) is 4.38. The predicted octanol–water partition coefficient (Wildman–Crippen LogP) is 4.51. The molecule has 1 atom stereocenters. The summed E-state index contributed by atoms with van der Waals surface area (Å²) in [6, 6.07) is 11.6. The van der Waals surface area contributed by atoms with Gasteiger partial charge in [0.05, 0.1) is 10.5 Å². The lowest BCUT2D eigenvalue weighted by molar-refractivity contribution is 0.616. The molecule has 2 rings (SSSR count). The number of nitrogens with one attached hydrogen (secondary N) is 1. The highest BCUT2D eigenvalue weighted by Crippen LogP contribution is 2.28. The van der Waals surface area contributed by atoms with Gasteiger partial charge in [0.1, 0.15) is 5.82 Å². The average molecular weight is 322 g/mol. The Morgan fingerprint density at radius 1 is 1.11 bits per heavy atom. The van der Waals surface area contributed by atoms with Crippen molar-refractivity contribution in [2.75, 3.05) is 7.05 Å². The Hall–Kier alpha value is -1.19. The lowest BCUT2D eigenvalue weighted by Gasteiger charge is -2.20. The van der Waals surface area contributed by atoms with E-state index in [1.807, 2.05) is 19.2 Å².